The lowest BCUT2D eigenvalue weighted by Crippen LogP contribution is -2.29. The summed E-state index contributed by atoms with van der Waals surface area (Å²) in [6.45, 7) is 3.76. The van der Waals surface area contributed by atoms with Crippen molar-refractivity contribution in [3.63, 3.8) is 0 Å². The summed E-state index contributed by atoms with van der Waals surface area (Å²) in [4.78, 5) is 22.5. The highest BCUT2D eigenvalue weighted by atomic mass is 16.6. The van der Waals surface area contributed by atoms with Crippen molar-refractivity contribution in [3.05, 3.63) is 69.3 Å². The molecule has 1 aliphatic heterocycles. The summed E-state index contributed by atoms with van der Waals surface area (Å²) in [6.07, 6.45) is 0.151. The minimum Gasteiger partial charge on any atom is -0.423 e. The number of fused-ring (bicyclic) bond motifs is 1. The third-order valence-electron chi connectivity index (χ3n) is 4.20. The standard InChI is InChI=1S/C17H16BNO5/c1-17(2)14-8-3-11(9-15(14)18(21)24-17)10-16(20)12-4-6-13(7-5-12)19(22)23/h3-9,21H,10H2,1-2H3. The molecule has 1 heterocycles. The fourth-order valence-electron chi connectivity index (χ4n) is 2.94. The summed E-state index contributed by atoms with van der Waals surface area (Å²) in [5, 5.41) is 20.7. The molecule has 24 heavy (non-hydrogen) atoms. The van der Waals surface area contributed by atoms with Gasteiger partial charge < -0.3 is 9.68 Å². The van der Waals surface area contributed by atoms with E-state index in [1.54, 1.807) is 6.07 Å². The normalized spacial score (nSPS) is 15.2. The van der Waals surface area contributed by atoms with Crippen LogP contribution in [0.25, 0.3) is 0 Å². The van der Waals surface area contributed by atoms with Gasteiger partial charge in [0.15, 0.2) is 5.78 Å². The van der Waals surface area contributed by atoms with Crippen LogP contribution in [0, 0.1) is 10.1 Å². The van der Waals surface area contributed by atoms with Crippen LogP contribution in [0.1, 0.15) is 35.3 Å². The summed E-state index contributed by atoms with van der Waals surface area (Å²) >= 11 is 0. The van der Waals surface area contributed by atoms with Crippen LogP contribution in [-0.2, 0) is 16.7 Å². The number of carbonyl (C=O) groups excluding carboxylic acids is 1. The van der Waals surface area contributed by atoms with Gasteiger partial charge >= 0.3 is 7.12 Å². The van der Waals surface area contributed by atoms with Crippen LogP contribution in [0.5, 0.6) is 0 Å². The van der Waals surface area contributed by atoms with Crippen LogP contribution in [0.4, 0.5) is 5.69 Å². The Bertz CT molecular complexity index is 816. The molecular formula is C17H16BNO5. The largest absolute Gasteiger partial charge is 0.492 e. The van der Waals surface area contributed by atoms with E-state index in [9.17, 15) is 19.9 Å². The van der Waals surface area contributed by atoms with Crippen molar-refractivity contribution in [3.8, 4) is 0 Å². The molecule has 2 aromatic rings. The van der Waals surface area contributed by atoms with Crippen molar-refractivity contribution in [2.75, 3.05) is 0 Å². The lowest BCUT2D eigenvalue weighted by Gasteiger charge is -2.19. The first-order valence-corrected chi connectivity index (χ1v) is 7.55. The quantitative estimate of drug-likeness (QED) is 0.402. The van der Waals surface area contributed by atoms with E-state index >= 15 is 0 Å². The van der Waals surface area contributed by atoms with Gasteiger partial charge in [0.2, 0.25) is 0 Å². The lowest BCUT2D eigenvalue weighted by molar-refractivity contribution is -0.384. The average Bonchev–Trinajstić information content (AvgIpc) is 2.76. The van der Waals surface area contributed by atoms with E-state index in [0.29, 0.717) is 11.0 Å². The Balaban J connectivity index is 1.80. The van der Waals surface area contributed by atoms with Gasteiger partial charge in [-0.25, -0.2) is 0 Å². The van der Waals surface area contributed by atoms with Crippen molar-refractivity contribution in [2.45, 2.75) is 25.9 Å². The molecule has 2 aromatic carbocycles. The number of nitro benzene ring substituents is 1. The molecule has 6 nitrogen and oxygen atoms in total. The molecule has 0 bridgehead atoms. The first-order chi connectivity index (χ1) is 11.3. The smallest absolute Gasteiger partial charge is 0.423 e. The van der Waals surface area contributed by atoms with Gasteiger partial charge in [0.05, 0.1) is 10.5 Å². The third kappa shape index (κ3) is 2.96. The molecule has 0 fully saturated rings. The second-order valence-electron chi connectivity index (χ2n) is 6.31. The van der Waals surface area contributed by atoms with Crippen molar-refractivity contribution in [1.29, 1.82) is 0 Å². The Morgan fingerprint density at radius 3 is 2.54 bits per heavy atom. The Labute approximate surface area is 139 Å². The molecule has 0 aliphatic carbocycles. The fourth-order valence-corrected chi connectivity index (χ4v) is 2.94. The van der Waals surface area contributed by atoms with Crippen molar-refractivity contribution >= 4 is 24.1 Å². The number of benzene rings is 2. The van der Waals surface area contributed by atoms with Crippen LogP contribution in [-0.4, -0.2) is 22.8 Å². The second kappa shape index (κ2) is 5.85. The molecule has 122 valence electrons. The predicted octanol–water partition coefficient (Wildman–Crippen LogP) is 1.97. The molecule has 0 aromatic heterocycles. The van der Waals surface area contributed by atoms with Gasteiger partial charge in [-0.05, 0) is 42.6 Å². The number of carbonyl (C=O) groups is 1. The molecule has 7 heteroatoms. The van der Waals surface area contributed by atoms with Gasteiger partial charge in [-0.1, -0.05) is 18.2 Å². The number of rotatable bonds is 4. The average molecular weight is 325 g/mol. The molecule has 0 radical (unpaired) electrons. The van der Waals surface area contributed by atoms with Crippen molar-refractivity contribution in [2.24, 2.45) is 0 Å². The molecule has 0 spiro atoms. The summed E-state index contributed by atoms with van der Waals surface area (Å²) in [5.41, 5.74) is 2.15. The number of Topliss-reactive ketones (excluding diaryl/α,β-unsaturated/α-hetero) is 1. The lowest BCUT2D eigenvalue weighted by atomic mass is 9.77. The van der Waals surface area contributed by atoms with Crippen molar-refractivity contribution in [1.82, 2.24) is 0 Å². The Morgan fingerprint density at radius 2 is 1.92 bits per heavy atom. The minimum atomic E-state index is -0.996. The summed E-state index contributed by atoms with van der Waals surface area (Å²) < 4.78 is 5.51. The molecule has 0 amide bonds. The maximum absolute atomic E-state index is 12.3. The van der Waals surface area contributed by atoms with Crippen LogP contribution in [0.15, 0.2) is 42.5 Å². The van der Waals surface area contributed by atoms with Gasteiger partial charge in [0.1, 0.15) is 0 Å². The fraction of sp³-hybridized carbons (Fsp3) is 0.235. The molecule has 0 atom stereocenters. The van der Waals surface area contributed by atoms with Gasteiger partial charge in [-0.2, -0.15) is 0 Å². The van der Waals surface area contributed by atoms with E-state index in [0.717, 1.165) is 11.1 Å². The topological polar surface area (TPSA) is 89.7 Å². The molecule has 1 N–H and O–H groups in total. The second-order valence-corrected chi connectivity index (χ2v) is 6.31. The van der Waals surface area contributed by atoms with Gasteiger partial charge in [0.25, 0.3) is 5.69 Å². The Hall–Kier alpha value is -2.51. The number of nitrogens with zero attached hydrogens (tertiary/aromatic N) is 1. The number of nitro groups is 1. The number of ketones is 1. The van der Waals surface area contributed by atoms with E-state index in [4.69, 9.17) is 4.65 Å². The molecule has 1 aliphatic rings. The molecule has 0 saturated heterocycles. The van der Waals surface area contributed by atoms with Crippen molar-refractivity contribution < 1.29 is 19.4 Å². The summed E-state index contributed by atoms with van der Waals surface area (Å²) in [6, 6.07) is 11.0. The summed E-state index contributed by atoms with van der Waals surface area (Å²) in [7, 11) is -0.996. The SMILES string of the molecule is CC1(C)OB(O)c2cc(CC(=O)c3ccc([N+](=O)[O-])cc3)ccc21. The number of hydrogen-bond acceptors (Lipinski definition) is 5. The van der Waals surface area contributed by atoms with Gasteiger partial charge in [-0.3, -0.25) is 14.9 Å². The van der Waals surface area contributed by atoms with Crippen LogP contribution >= 0.6 is 0 Å². The summed E-state index contributed by atoms with van der Waals surface area (Å²) in [5.74, 6) is -0.141. The monoisotopic (exact) mass is 325 g/mol. The zero-order valence-electron chi connectivity index (χ0n) is 13.4. The van der Waals surface area contributed by atoms with E-state index < -0.39 is 17.6 Å². The highest BCUT2D eigenvalue weighted by molar-refractivity contribution is 6.62. The maximum Gasteiger partial charge on any atom is 0.492 e. The third-order valence-corrected chi connectivity index (χ3v) is 4.20. The highest BCUT2D eigenvalue weighted by Gasteiger charge is 2.40. The van der Waals surface area contributed by atoms with Crippen LogP contribution in [0.2, 0.25) is 0 Å². The number of hydrogen-bond donors (Lipinski definition) is 1. The van der Waals surface area contributed by atoms with E-state index in [1.807, 2.05) is 26.0 Å². The van der Waals surface area contributed by atoms with Gasteiger partial charge in [0, 0.05) is 24.1 Å². The molecule has 3 rings (SSSR count). The van der Waals surface area contributed by atoms with Gasteiger partial charge in [-0.15, -0.1) is 0 Å². The first-order valence-electron chi connectivity index (χ1n) is 7.55. The first kappa shape index (κ1) is 16.4. The number of non-ortho nitro benzene ring substituents is 1. The minimum absolute atomic E-state index is 0.0495. The van der Waals surface area contributed by atoms with E-state index in [1.165, 1.54) is 24.3 Å². The maximum atomic E-state index is 12.3. The van der Waals surface area contributed by atoms with E-state index in [-0.39, 0.29) is 17.9 Å². The highest BCUT2D eigenvalue weighted by Crippen LogP contribution is 2.30. The Kier molecular flexibility index (Phi) is 3.99. The molecular weight excluding hydrogens is 309 g/mol. The van der Waals surface area contributed by atoms with E-state index in [2.05, 4.69) is 0 Å². The molecule has 0 unspecified atom stereocenters. The van der Waals surface area contributed by atoms with Crippen LogP contribution < -0.4 is 5.46 Å². The predicted molar refractivity (Wildman–Crippen MR) is 89.3 cm³/mol. The van der Waals surface area contributed by atoms with Crippen LogP contribution in [0.3, 0.4) is 0 Å². The zero-order chi connectivity index (χ0) is 17.5. The molecule has 0 saturated carbocycles. The Morgan fingerprint density at radius 1 is 1.25 bits per heavy atom. The zero-order valence-corrected chi connectivity index (χ0v) is 13.4.